The Bertz CT molecular complexity index is 439. The summed E-state index contributed by atoms with van der Waals surface area (Å²) in [6.07, 6.45) is 2.89. The third-order valence-corrected chi connectivity index (χ3v) is 2.25. The van der Waals surface area contributed by atoms with Gasteiger partial charge in [0.05, 0.1) is 0 Å². The smallest absolute Gasteiger partial charge is 0.170 e. The molecule has 3 rings (SSSR count). The second kappa shape index (κ2) is 5.17. The highest BCUT2D eigenvalue weighted by molar-refractivity contribution is 5.53. The second-order valence-corrected chi connectivity index (χ2v) is 3.53. The summed E-state index contributed by atoms with van der Waals surface area (Å²) in [4.78, 5) is 0. The molecule has 0 radical (unpaired) electrons. The van der Waals surface area contributed by atoms with Crippen LogP contribution >= 0.6 is 0 Å². The van der Waals surface area contributed by atoms with Crippen molar-refractivity contribution >= 4 is 0 Å². The number of allylic oxidation sites excluding steroid dienone is 1. The van der Waals surface area contributed by atoms with Gasteiger partial charge < -0.3 is 4.74 Å². The van der Waals surface area contributed by atoms with Gasteiger partial charge in [-0.3, -0.25) is 0 Å². The number of para-hydroxylation sites is 2. The van der Waals surface area contributed by atoms with Crippen molar-refractivity contribution in [1.82, 2.24) is 0 Å². The fourth-order valence-corrected chi connectivity index (χ4v) is 1.39. The van der Waals surface area contributed by atoms with E-state index in [4.69, 9.17) is 4.74 Å². The first kappa shape index (κ1) is 10.5. The Morgan fingerprint density at radius 1 is 0.875 bits per heavy atom. The Kier molecular flexibility index (Phi) is 3.39. The average molecular weight is 210 g/mol. The zero-order chi connectivity index (χ0) is 11.2. The van der Waals surface area contributed by atoms with E-state index in [1.807, 2.05) is 48.5 Å². The number of ether oxygens (including phenoxy) is 1. The summed E-state index contributed by atoms with van der Waals surface area (Å²) in [5, 5.41) is 0. The lowest BCUT2D eigenvalue weighted by molar-refractivity contribution is 0.650. The normalized spacial score (nSPS) is 10.2. The fraction of sp³-hybridized carbons (Fsp3) is 0.0667. The van der Waals surface area contributed by atoms with E-state index in [9.17, 15) is 0 Å². The molecule has 0 amide bonds. The van der Waals surface area contributed by atoms with Gasteiger partial charge in [0.1, 0.15) is 0 Å². The molecule has 1 heterocycles. The molecule has 0 spiro atoms. The van der Waals surface area contributed by atoms with Crippen LogP contribution in [0, 0.1) is 0 Å². The van der Waals surface area contributed by atoms with E-state index in [1.165, 1.54) is 5.56 Å². The standard InChI is InChI=1S/C9H10.C6H4O/c1-2-6-9-7-4-3-5-8-9;1-2-4-6-5(3-1)7-6/h2-5,7-8H,1,6H2;1-4H. The highest BCUT2D eigenvalue weighted by atomic mass is 16.6. The van der Waals surface area contributed by atoms with Crippen molar-refractivity contribution in [1.29, 1.82) is 0 Å². The van der Waals surface area contributed by atoms with E-state index in [0.29, 0.717) is 0 Å². The van der Waals surface area contributed by atoms with Crippen LogP contribution < -0.4 is 4.74 Å². The molecule has 1 aliphatic rings. The first-order chi connectivity index (χ1) is 7.90. The Morgan fingerprint density at radius 2 is 1.44 bits per heavy atom. The minimum Gasteiger partial charge on any atom is -0.450 e. The molecule has 0 aromatic heterocycles. The van der Waals surface area contributed by atoms with Crippen molar-refractivity contribution in [3.05, 3.63) is 72.8 Å². The Balaban J connectivity index is 0.000000123. The summed E-state index contributed by atoms with van der Waals surface area (Å²) in [6.45, 7) is 3.66. The first-order valence-electron chi connectivity index (χ1n) is 5.32. The van der Waals surface area contributed by atoms with Crippen LogP contribution in [0.1, 0.15) is 5.56 Å². The monoisotopic (exact) mass is 210 g/mol. The van der Waals surface area contributed by atoms with Crippen LogP contribution in [0.3, 0.4) is 0 Å². The van der Waals surface area contributed by atoms with Gasteiger partial charge in [0.25, 0.3) is 0 Å². The SMILES string of the molecule is C=CCc1ccccc1.c1ccc2c(c1)O2. The van der Waals surface area contributed by atoms with Crippen LogP contribution in [-0.4, -0.2) is 0 Å². The van der Waals surface area contributed by atoms with Crippen LogP contribution in [0.15, 0.2) is 67.3 Å². The summed E-state index contributed by atoms with van der Waals surface area (Å²) in [7, 11) is 0. The van der Waals surface area contributed by atoms with Gasteiger partial charge in [0.15, 0.2) is 11.5 Å². The molecule has 1 aliphatic heterocycles. The predicted octanol–water partition coefficient (Wildman–Crippen LogP) is 4.21. The van der Waals surface area contributed by atoms with E-state index in [2.05, 4.69) is 18.7 Å². The summed E-state index contributed by atoms with van der Waals surface area (Å²) >= 11 is 0. The van der Waals surface area contributed by atoms with Gasteiger partial charge in [-0.2, -0.15) is 0 Å². The fourth-order valence-electron chi connectivity index (χ4n) is 1.39. The number of hydrogen-bond donors (Lipinski definition) is 0. The van der Waals surface area contributed by atoms with E-state index in [1.54, 1.807) is 0 Å². The van der Waals surface area contributed by atoms with Crippen molar-refractivity contribution < 1.29 is 4.74 Å². The van der Waals surface area contributed by atoms with Crippen molar-refractivity contribution in [2.45, 2.75) is 6.42 Å². The molecule has 0 atom stereocenters. The molecule has 0 N–H and O–H groups in total. The highest BCUT2D eigenvalue weighted by Gasteiger charge is 2.15. The Labute approximate surface area is 96.0 Å². The molecule has 0 saturated carbocycles. The maximum absolute atomic E-state index is 4.94. The topological polar surface area (TPSA) is 12.5 Å². The largest absolute Gasteiger partial charge is 0.450 e. The quantitative estimate of drug-likeness (QED) is 0.456. The second-order valence-electron chi connectivity index (χ2n) is 3.53. The maximum atomic E-state index is 4.94. The van der Waals surface area contributed by atoms with Gasteiger partial charge in [-0.15, -0.1) is 6.58 Å². The van der Waals surface area contributed by atoms with Gasteiger partial charge in [-0.05, 0) is 24.1 Å². The summed E-state index contributed by atoms with van der Waals surface area (Å²) in [5.41, 5.74) is 1.33. The molecule has 0 bridgehead atoms. The average Bonchev–Trinajstić information content (AvgIpc) is 3.11. The molecule has 80 valence electrons. The minimum atomic E-state index is 0.973. The van der Waals surface area contributed by atoms with Crippen LogP contribution in [-0.2, 0) is 6.42 Å². The molecular weight excluding hydrogens is 196 g/mol. The molecule has 0 fully saturated rings. The van der Waals surface area contributed by atoms with Crippen LogP contribution in [0.4, 0.5) is 0 Å². The van der Waals surface area contributed by atoms with Gasteiger partial charge in [0.2, 0.25) is 0 Å². The predicted molar refractivity (Wildman–Crippen MR) is 66.9 cm³/mol. The van der Waals surface area contributed by atoms with E-state index in [0.717, 1.165) is 17.9 Å². The van der Waals surface area contributed by atoms with Crippen LogP contribution in [0.5, 0.6) is 11.5 Å². The van der Waals surface area contributed by atoms with Crippen molar-refractivity contribution in [2.24, 2.45) is 0 Å². The molecule has 16 heavy (non-hydrogen) atoms. The Morgan fingerprint density at radius 3 is 1.94 bits per heavy atom. The van der Waals surface area contributed by atoms with E-state index < -0.39 is 0 Å². The lowest BCUT2D eigenvalue weighted by Crippen LogP contribution is -1.75. The van der Waals surface area contributed by atoms with E-state index in [-0.39, 0.29) is 0 Å². The maximum Gasteiger partial charge on any atom is 0.170 e. The van der Waals surface area contributed by atoms with Crippen molar-refractivity contribution in [2.75, 3.05) is 0 Å². The molecule has 0 aliphatic carbocycles. The lowest BCUT2D eigenvalue weighted by atomic mass is 10.2. The van der Waals surface area contributed by atoms with Gasteiger partial charge in [-0.1, -0.05) is 48.5 Å². The van der Waals surface area contributed by atoms with Crippen molar-refractivity contribution in [3.8, 4) is 11.5 Å². The third kappa shape index (κ3) is 2.99. The van der Waals surface area contributed by atoms with Gasteiger partial charge >= 0.3 is 0 Å². The van der Waals surface area contributed by atoms with Crippen LogP contribution in [0.25, 0.3) is 0 Å². The number of fused-ring (bicyclic) bond motifs is 1. The molecule has 0 saturated heterocycles. The molecule has 0 unspecified atom stereocenters. The zero-order valence-electron chi connectivity index (χ0n) is 9.10. The lowest BCUT2D eigenvalue weighted by Gasteiger charge is -1.91. The van der Waals surface area contributed by atoms with Crippen LogP contribution in [0.2, 0.25) is 0 Å². The molecule has 1 heteroatoms. The molecule has 1 nitrogen and oxygen atoms in total. The molecular formula is C15H14O. The molecule has 2 aromatic rings. The number of rotatable bonds is 2. The van der Waals surface area contributed by atoms with Crippen molar-refractivity contribution in [3.63, 3.8) is 0 Å². The first-order valence-corrected chi connectivity index (χ1v) is 5.32. The third-order valence-electron chi connectivity index (χ3n) is 2.25. The highest BCUT2D eigenvalue weighted by Crippen LogP contribution is 2.43. The minimum absolute atomic E-state index is 0.973. The number of benzene rings is 2. The van der Waals surface area contributed by atoms with Gasteiger partial charge in [-0.25, -0.2) is 0 Å². The summed E-state index contributed by atoms with van der Waals surface area (Å²) in [5.74, 6) is 2.06. The van der Waals surface area contributed by atoms with E-state index >= 15 is 0 Å². The Hall–Kier alpha value is -2.02. The summed E-state index contributed by atoms with van der Waals surface area (Å²) < 4.78 is 4.94. The zero-order valence-corrected chi connectivity index (χ0v) is 9.10. The van der Waals surface area contributed by atoms with Gasteiger partial charge in [0, 0.05) is 0 Å². The molecule has 2 aromatic carbocycles. The summed E-state index contributed by atoms with van der Waals surface area (Å²) in [6, 6.07) is 18.1. The number of hydrogen-bond acceptors (Lipinski definition) is 1.